The van der Waals surface area contributed by atoms with Crippen LogP contribution in [0.3, 0.4) is 0 Å². The lowest BCUT2D eigenvalue weighted by molar-refractivity contribution is -0.122. The van der Waals surface area contributed by atoms with Crippen LogP contribution in [0.25, 0.3) is 0 Å². The normalized spacial score (nSPS) is 19.0. The third-order valence-electron chi connectivity index (χ3n) is 5.43. The lowest BCUT2D eigenvalue weighted by atomic mass is 10.00. The van der Waals surface area contributed by atoms with Crippen molar-refractivity contribution in [3.8, 4) is 0 Å². The van der Waals surface area contributed by atoms with Crippen LogP contribution >= 0.6 is 0 Å². The van der Waals surface area contributed by atoms with Gasteiger partial charge >= 0.3 is 0 Å². The van der Waals surface area contributed by atoms with E-state index in [0.29, 0.717) is 31.6 Å². The maximum absolute atomic E-state index is 12.7. The van der Waals surface area contributed by atoms with Gasteiger partial charge in [0.25, 0.3) is 0 Å². The lowest BCUT2D eigenvalue weighted by Crippen LogP contribution is -2.34. The Morgan fingerprint density at radius 3 is 2.61 bits per heavy atom. The monoisotopic (exact) mass is 377 g/mol. The van der Waals surface area contributed by atoms with Crippen molar-refractivity contribution in [1.29, 1.82) is 0 Å². The van der Waals surface area contributed by atoms with E-state index in [-0.39, 0.29) is 30.1 Å². The van der Waals surface area contributed by atoms with Crippen molar-refractivity contribution in [2.45, 2.75) is 26.2 Å². The zero-order valence-corrected chi connectivity index (χ0v) is 15.9. The first-order valence-corrected chi connectivity index (χ1v) is 9.66. The molecule has 2 aliphatic heterocycles. The number of anilines is 3. The molecule has 1 fully saturated rings. The van der Waals surface area contributed by atoms with Gasteiger partial charge in [-0.2, -0.15) is 0 Å². The van der Waals surface area contributed by atoms with E-state index in [1.54, 1.807) is 9.80 Å². The van der Waals surface area contributed by atoms with E-state index >= 15 is 0 Å². The summed E-state index contributed by atoms with van der Waals surface area (Å²) in [6.07, 6.45) is 1.38. The zero-order valence-electron chi connectivity index (χ0n) is 15.9. The number of nitrogens with one attached hydrogen (secondary N) is 1. The van der Waals surface area contributed by atoms with E-state index in [4.69, 9.17) is 0 Å². The van der Waals surface area contributed by atoms with Crippen LogP contribution in [0.4, 0.5) is 17.1 Å². The molecule has 28 heavy (non-hydrogen) atoms. The number of aryl methyl sites for hydroxylation is 1. The fourth-order valence-corrected chi connectivity index (χ4v) is 3.97. The Bertz CT molecular complexity index is 926. The van der Waals surface area contributed by atoms with Crippen LogP contribution in [0.2, 0.25) is 0 Å². The molecule has 0 radical (unpaired) electrons. The molecule has 1 unspecified atom stereocenters. The Kier molecular flexibility index (Phi) is 4.86. The number of rotatable bonds is 4. The highest BCUT2D eigenvalue weighted by molar-refractivity contribution is 6.04. The molecular formula is C22H23N3O3. The van der Waals surface area contributed by atoms with Crippen LogP contribution in [0.1, 0.15) is 25.3 Å². The second-order valence-electron chi connectivity index (χ2n) is 7.21. The smallest absolute Gasteiger partial charge is 0.229 e. The summed E-state index contributed by atoms with van der Waals surface area (Å²) >= 11 is 0. The lowest BCUT2D eigenvalue weighted by Gasteiger charge is -2.28. The molecular weight excluding hydrogens is 354 g/mol. The molecule has 0 bridgehead atoms. The zero-order chi connectivity index (χ0) is 19.7. The summed E-state index contributed by atoms with van der Waals surface area (Å²) < 4.78 is 0. The van der Waals surface area contributed by atoms with Crippen molar-refractivity contribution in [2.24, 2.45) is 5.92 Å². The summed E-state index contributed by atoms with van der Waals surface area (Å²) in [5.74, 6) is -0.422. The van der Waals surface area contributed by atoms with E-state index in [1.807, 2.05) is 55.5 Å². The van der Waals surface area contributed by atoms with Crippen molar-refractivity contribution in [3.05, 3.63) is 54.1 Å². The molecule has 6 nitrogen and oxygen atoms in total. The van der Waals surface area contributed by atoms with Gasteiger partial charge < -0.3 is 15.1 Å². The van der Waals surface area contributed by atoms with Gasteiger partial charge in [-0.15, -0.1) is 0 Å². The number of fused-ring (bicyclic) bond motifs is 1. The first-order valence-electron chi connectivity index (χ1n) is 9.66. The molecule has 2 aromatic carbocycles. The van der Waals surface area contributed by atoms with Gasteiger partial charge in [0.1, 0.15) is 0 Å². The van der Waals surface area contributed by atoms with Gasteiger partial charge in [0.05, 0.1) is 5.92 Å². The van der Waals surface area contributed by atoms with Gasteiger partial charge in [-0.3, -0.25) is 14.4 Å². The summed E-state index contributed by atoms with van der Waals surface area (Å²) in [7, 11) is 0. The Morgan fingerprint density at radius 1 is 1.07 bits per heavy atom. The van der Waals surface area contributed by atoms with Crippen LogP contribution in [0, 0.1) is 5.92 Å². The predicted octanol–water partition coefficient (Wildman–Crippen LogP) is 2.98. The molecule has 0 aliphatic carbocycles. The molecule has 3 amide bonds. The maximum Gasteiger partial charge on any atom is 0.229 e. The SMILES string of the molecule is CCN1C(=O)CCc2cc(NC(=O)C3CC(=O)N(c4ccccc4)C3)ccc21. The standard InChI is InChI=1S/C22H23N3O3/c1-2-24-19-10-9-17(12-15(19)8-11-20(24)26)23-22(28)16-13-21(27)25(14-16)18-6-4-3-5-7-18/h3-7,9-10,12,16H,2,8,11,13-14H2,1H3,(H,23,28). The van der Waals surface area contributed by atoms with E-state index in [9.17, 15) is 14.4 Å². The molecule has 4 rings (SSSR count). The topological polar surface area (TPSA) is 69.7 Å². The van der Waals surface area contributed by atoms with Crippen LogP contribution in [0.15, 0.2) is 48.5 Å². The quantitative estimate of drug-likeness (QED) is 0.891. The van der Waals surface area contributed by atoms with E-state index < -0.39 is 0 Å². The highest BCUT2D eigenvalue weighted by atomic mass is 16.2. The molecule has 1 saturated heterocycles. The highest BCUT2D eigenvalue weighted by Crippen LogP contribution is 2.31. The van der Waals surface area contributed by atoms with Crippen LogP contribution in [0.5, 0.6) is 0 Å². The molecule has 0 spiro atoms. The largest absolute Gasteiger partial charge is 0.326 e. The first kappa shape index (κ1) is 18.2. The van der Waals surface area contributed by atoms with Gasteiger partial charge in [-0.25, -0.2) is 0 Å². The number of amides is 3. The van der Waals surface area contributed by atoms with E-state index in [2.05, 4.69) is 5.32 Å². The fraction of sp³-hybridized carbons (Fsp3) is 0.318. The van der Waals surface area contributed by atoms with Crippen molar-refractivity contribution >= 4 is 34.8 Å². The van der Waals surface area contributed by atoms with Crippen molar-refractivity contribution in [2.75, 3.05) is 28.2 Å². The Labute approximate surface area is 164 Å². The number of benzene rings is 2. The Hall–Kier alpha value is -3.15. The number of hydrogen-bond donors (Lipinski definition) is 1. The number of para-hydroxylation sites is 1. The molecule has 144 valence electrons. The van der Waals surface area contributed by atoms with Gasteiger partial charge in [-0.05, 0) is 49.2 Å². The average molecular weight is 377 g/mol. The molecule has 1 atom stereocenters. The summed E-state index contributed by atoms with van der Waals surface area (Å²) in [6, 6.07) is 15.1. The van der Waals surface area contributed by atoms with E-state index in [1.165, 1.54) is 0 Å². The second kappa shape index (κ2) is 7.46. The van der Waals surface area contributed by atoms with Crippen LogP contribution < -0.4 is 15.1 Å². The third kappa shape index (κ3) is 3.38. The third-order valence-corrected chi connectivity index (χ3v) is 5.43. The van der Waals surface area contributed by atoms with Crippen molar-refractivity contribution < 1.29 is 14.4 Å². The molecule has 6 heteroatoms. The minimum Gasteiger partial charge on any atom is -0.326 e. The molecule has 2 heterocycles. The van der Waals surface area contributed by atoms with E-state index in [0.717, 1.165) is 16.9 Å². The number of hydrogen-bond acceptors (Lipinski definition) is 3. The second-order valence-corrected chi connectivity index (χ2v) is 7.21. The van der Waals surface area contributed by atoms with Gasteiger partial charge in [0.2, 0.25) is 17.7 Å². The first-order chi connectivity index (χ1) is 13.6. The summed E-state index contributed by atoms with van der Waals surface area (Å²) in [5.41, 5.74) is 3.51. The summed E-state index contributed by atoms with van der Waals surface area (Å²) in [4.78, 5) is 40.5. The summed E-state index contributed by atoms with van der Waals surface area (Å²) in [6.45, 7) is 2.98. The van der Waals surface area contributed by atoms with Crippen LogP contribution in [-0.2, 0) is 20.8 Å². The minimum atomic E-state index is -0.377. The number of nitrogens with zero attached hydrogens (tertiary/aromatic N) is 2. The minimum absolute atomic E-state index is 0.0334. The molecule has 2 aromatic rings. The number of carbonyl (C=O) groups excluding carboxylic acids is 3. The predicted molar refractivity (Wildman–Crippen MR) is 108 cm³/mol. The van der Waals surface area contributed by atoms with Crippen LogP contribution in [-0.4, -0.2) is 30.8 Å². The number of carbonyl (C=O) groups is 3. The van der Waals surface area contributed by atoms with Gasteiger partial charge in [0.15, 0.2) is 0 Å². The Morgan fingerprint density at radius 2 is 1.86 bits per heavy atom. The van der Waals surface area contributed by atoms with Crippen molar-refractivity contribution in [3.63, 3.8) is 0 Å². The van der Waals surface area contributed by atoms with Gasteiger partial charge in [-0.1, -0.05) is 18.2 Å². The van der Waals surface area contributed by atoms with Gasteiger partial charge in [0, 0.05) is 43.0 Å². The molecule has 0 aromatic heterocycles. The Balaban J connectivity index is 1.46. The average Bonchev–Trinajstić information content (AvgIpc) is 3.10. The molecule has 2 aliphatic rings. The highest BCUT2D eigenvalue weighted by Gasteiger charge is 2.35. The molecule has 1 N–H and O–H groups in total. The maximum atomic E-state index is 12.7. The molecule has 0 saturated carbocycles. The summed E-state index contributed by atoms with van der Waals surface area (Å²) in [5, 5.41) is 2.95. The fourth-order valence-electron chi connectivity index (χ4n) is 3.97. The van der Waals surface area contributed by atoms with Crippen molar-refractivity contribution in [1.82, 2.24) is 0 Å².